The summed E-state index contributed by atoms with van der Waals surface area (Å²) in [7, 11) is 0. The molecule has 0 amide bonds. The molecule has 0 atom stereocenters. The Morgan fingerprint density at radius 2 is 2.00 bits per heavy atom. The Bertz CT molecular complexity index is 610. The highest BCUT2D eigenvalue weighted by Gasteiger charge is 2.31. The fourth-order valence-electron chi connectivity index (χ4n) is 3.79. The molecule has 1 aromatic heterocycles. The first kappa shape index (κ1) is 17.2. The monoisotopic (exact) mass is 325 g/mol. The van der Waals surface area contributed by atoms with Gasteiger partial charge in [-0.3, -0.25) is 0 Å². The lowest BCUT2D eigenvalue weighted by molar-refractivity contribution is 0.166. The first-order valence-electron chi connectivity index (χ1n) is 9.54. The highest BCUT2D eigenvalue weighted by molar-refractivity contribution is 5.56. The Kier molecular flexibility index (Phi) is 5.72. The van der Waals surface area contributed by atoms with Gasteiger partial charge in [-0.15, -0.1) is 0 Å². The van der Waals surface area contributed by atoms with Gasteiger partial charge in [0.25, 0.3) is 0 Å². The lowest BCUT2D eigenvalue weighted by atomic mass is 9.74. The number of nitrogens with one attached hydrogen (secondary N) is 1. The summed E-state index contributed by atoms with van der Waals surface area (Å²) in [5.41, 5.74) is 2.95. The number of hydrogen-bond donors (Lipinski definition) is 1. The normalized spacial score (nSPS) is 17.9. The summed E-state index contributed by atoms with van der Waals surface area (Å²) >= 11 is 0. The largest absolute Gasteiger partial charge is 0.345 e. The van der Waals surface area contributed by atoms with Gasteiger partial charge in [0.2, 0.25) is 0 Å². The second kappa shape index (κ2) is 7.98. The van der Waals surface area contributed by atoms with Gasteiger partial charge in [-0.05, 0) is 55.9 Å². The molecular formula is C21H31N3. The van der Waals surface area contributed by atoms with Crippen LogP contribution in [0.3, 0.4) is 0 Å². The van der Waals surface area contributed by atoms with Crippen LogP contribution in [0.15, 0.2) is 36.7 Å². The molecule has 2 aromatic rings. The second-order valence-electron chi connectivity index (χ2n) is 7.48. The number of aromatic amines is 1. The van der Waals surface area contributed by atoms with Gasteiger partial charge in [0.15, 0.2) is 0 Å². The lowest BCUT2D eigenvalue weighted by Gasteiger charge is -2.40. The fraction of sp³-hybridized carbons (Fsp3) is 0.571. The number of likely N-dealkylation sites (tertiary alicyclic amines) is 1. The maximum absolute atomic E-state index is 4.39. The molecule has 2 heterocycles. The number of nitrogens with zero attached hydrogens (tertiary/aromatic N) is 2. The van der Waals surface area contributed by atoms with Crippen molar-refractivity contribution in [2.75, 3.05) is 19.6 Å². The number of piperidine rings is 1. The van der Waals surface area contributed by atoms with Gasteiger partial charge in [0, 0.05) is 18.0 Å². The summed E-state index contributed by atoms with van der Waals surface area (Å²) in [6.45, 7) is 8.45. The molecule has 1 aromatic carbocycles. The van der Waals surface area contributed by atoms with Crippen LogP contribution in [-0.2, 0) is 5.41 Å². The molecule has 3 rings (SSSR count). The van der Waals surface area contributed by atoms with Crippen LogP contribution in [0.2, 0.25) is 0 Å². The van der Waals surface area contributed by atoms with E-state index in [9.17, 15) is 0 Å². The second-order valence-corrected chi connectivity index (χ2v) is 7.48. The zero-order chi connectivity index (χ0) is 16.8. The van der Waals surface area contributed by atoms with Gasteiger partial charge >= 0.3 is 0 Å². The minimum atomic E-state index is 0.294. The zero-order valence-corrected chi connectivity index (χ0v) is 15.2. The summed E-state index contributed by atoms with van der Waals surface area (Å²) in [4.78, 5) is 10.3. The third-order valence-corrected chi connectivity index (χ3v) is 5.62. The number of unbranched alkanes of at least 4 members (excludes halogenated alkanes) is 3. The average Bonchev–Trinajstić information content (AvgIpc) is 3.15. The molecule has 1 N–H and O–H groups in total. The van der Waals surface area contributed by atoms with Gasteiger partial charge in [0.05, 0.1) is 0 Å². The SMILES string of the molecule is CCCCCCN1CCC(C)(c2cccc(-c3ncc[nH]3)c2)CC1. The predicted molar refractivity (Wildman–Crippen MR) is 101 cm³/mol. The molecule has 3 heteroatoms. The number of H-pyrrole nitrogens is 1. The molecule has 1 fully saturated rings. The molecule has 0 saturated carbocycles. The molecule has 1 saturated heterocycles. The van der Waals surface area contributed by atoms with E-state index in [1.54, 1.807) is 0 Å². The highest BCUT2D eigenvalue weighted by Crippen LogP contribution is 2.36. The van der Waals surface area contributed by atoms with Crippen molar-refractivity contribution in [1.29, 1.82) is 0 Å². The third-order valence-electron chi connectivity index (χ3n) is 5.62. The van der Waals surface area contributed by atoms with Gasteiger partial charge in [-0.25, -0.2) is 4.98 Å². The van der Waals surface area contributed by atoms with Crippen LogP contribution in [0.1, 0.15) is 57.9 Å². The number of hydrogen-bond acceptors (Lipinski definition) is 2. The Morgan fingerprint density at radius 1 is 1.17 bits per heavy atom. The van der Waals surface area contributed by atoms with Crippen molar-refractivity contribution in [3.63, 3.8) is 0 Å². The minimum absolute atomic E-state index is 0.294. The first-order chi connectivity index (χ1) is 11.7. The maximum atomic E-state index is 4.39. The Labute approximate surface area is 146 Å². The van der Waals surface area contributed by atoms with Crippen molar-refractivity contribution in [3.8, 4) is 11.4 Å². The minimum Gasteiger partial charge on any atom is -0.345 e. The summed E-state index contributed by atoms with van der Waals surface area (Å²) < 4.78 is 0. The van der Waals surface area contributed by atoms with E-state index in [1.165, 1.54) is 69.3 Å². The predicted octanol–water partition coefficient (Wildman–Crippen LogP) is 5.01. The summed E-state index contributed by atoms with van der Waals surface area (Å²) in [5.74, 6) is 0.966. The van der Waals surface area contributed by atoms with Crippen LogP contribution >= 0.6 is 0 Å². The molecule has 0 unspecified atom stereocenters. The lowest BCUT2D eigenvalue weighted by Crippen LogP contribution is -2.41. The van der Waals surface area contributed by atoms with E-state index >= 15 is 0 Å². The van der Waals surface area contributed by atoms with Crippen molar-refractivity contribution in [1.82, 2.24) is 14.9 Å². The van der Waals surface area contributed by atoms with Crippen molar-refractivity contribution in [3.05, 3.63) is 42.2 Å². The summed E-state index contributed by atoms with van der Waals surface area (Å²) in [6, 6.07) is 8.95. The summed E-state index contributed by atoms with van der Waals surface area (Å²) in [5, 5.41) is 0. The van der Waals surface area contributed by atoms with E-state index in [0.29, 0.717) is 5.41 Å². The molecular weight excluding hydrogens is 294 g/mol. The van der Waals surface area contributed by atoms with Crippen molar-refractivity contribution in [2.24, 2.45) is 0 Å². The van der Waals surface area contributed by atoms with Crippen LogP contribution in [-0.4, -0.2) is 34.5 Å². The number of aromatic nitrogens is 2. The first-order valence-corrected chi connectivity index (χ1v) is 9.54. The standard InChI is InChI=1S/C21H31N3/c1-3-4-5-6-14-24-15-10-21(2,11-16-24)19-9-7-8-18(17-19)20-22-12-13-23-20/h7-9,12-13,17H,3-6,10-11,14-16H2,1-2H3,(H,22,23). The van der Waals surface area contributed by atoms with E-state index in [1.807, 2.05) is 12.4 Å². The number of rotatable bonds is 7. The molecule has 0 aliphatic carbocycles. The van der Waals surface area contributed by atoms with Crippen LogP contribution in [0.25, 0.3) is 11.4 Å². The van der Waals surface area contributed by atoms with Crippen LogP contribution in [0.4, 0.5) is 0 Å². The number of benzene rings is 1. The average molecular weight is 326 g/mol. The van der Waals surface area contributed by atoms with Crippen molar-refractivity contribution in [2.45, 2.75) is 57.8 Å². The van der Waals surface area contributed by atoms with E-state index < -0.39 is 0 Å². The quantitative estimate of drug-likeness (QED) is 0.726. The topological polar surface area (TPSA) is 31.9 Å². The van der Waals surface area contributed by atoms with Gasteiger partial charge in [0.1, 0.15) is 5.82 Å². The fourth-order valence-corrected chi connectivity index (χ4v) is 3.79. The van der Waals surface area contributed by atoms with E-state index in [2.05, 4.69) is 53.0 Å². The Morgan fingerprint density at radius 3 is 2.71 bits per heavy atom. The Hall–Kier alpha value is -1.61. The smallest absolute Gasteiger partial charge is 0.137 e. The van der Waals surface area contributed by atoms with E-state index in [-0.39, 0.29) is 0 Å². The highest BCUT2D eigenvalue weighted by atomic mass is 15.1. The van der Waals surface area contributed by atoms with Crippen LogP contribution in [0.5, 0.6) is 0 Å². The molecule has 0 spiro atoms. The van der Waals surface area contributed by atoms with E-state index in [0.717, 1.165) is 5.82 Å². The van der Waals surface area contributed by atoms with Gasteiger partial charge in [-0.1, -0.05) is 51.3 Å². The maximum Gasteiger partial charge on any atom is 0.137 e. The van der Waals surface area contributed by atoms with Crippen molar-refractivity contribution >= 4 is 0 Å². The van der Waals surface area contributed by atoms with Crippen LogP contribution in [0, 0.1) is 0 Å². The van der Waals surface area contributed by atoms with Gasteiger partial charge in [-0.2, -0.15) is 0 Å². The molecule has 0 bridgehead atoms. The van der Waals surface area contributed by atoms with Crippen LogP contribution < -0.4 is 0 Å². The molecule has 1 aliphatic rings. The number of imidazole rings is 1. The summed E-state index contributed by atoms with van der Waals surface area (Å²) in [6.07, 6.45) is 11.7. The molecule has 130 valence electrons. The molecule has 3 nitrogen and oxygen atoms in total. The van der Waals surface area contributed by atoms with E-state index in [4.69, 9.17) is 0 Å². The molecule has 24 heavy (non-hydrogen) atoms. The molecule has 1 aliphatic heterocycles. The Balaban J connectivity index is 1.60. The van der Waals surface area contributed by atoms with Crippen molar-refractivity contribution < 1.29 is 0 Å². The molecule has 0 radical (unpaired) electrons. The van der Waals surface area contributed by atoms with Gasteiger partial charge < -0.3 is 9.88 Å². The third kappa shape index (κ3) is 4.07. The zero-order valence-electron chi connectivity index (χ0n) is 15.2.